The molecule has 0 aromatic heterocycles. The van der Waals surface area contributed by atoms with E-state index in [2.05, 4.69) is 0 Å². The zero-order valence-electron chi connectivity index (χ0n) is 10.9. The third kappa shape index (κ3) is 6.92. The first-order chi connectivity index (χ1) is 7.75. The van der Waals surface area contributed by atoms with Gasteiger partial charge < -0.3 is 30.1 Å². The van der Waals surface area contributed by atoms with Crippen molar-refractivity contribution >= 4 is 0 Å². The van der Waals surface area contributed by atoms with Crippen LogP contribution in [0.2, 0.25) is 0 Å². The maximum Gasteiger partial charge on any atom is 0.111 e. The van der Waals surface area contributed by atoms with Gasteiger partial charge in [0.25, 0.3) is 0 Å². The second-order valence-corrected chi connectivity index (χ2v) is 4.76. The van der Waals surface area contributed by atoms with E-state index < -0.39 is 24.4 Å². The highest BCUT2D eigenvalue weighted by atomic mass is 16.5. The second-order valence-electron chi connectivity index (χ2n) is 4.76. The smallest absolute Gasteiger partial charge is 0.111 e. The van der Waals surface area contributed by atoms with Crippen LogP contribution in [0, 0.1) is 0 Å². The zero-order valence-corrected chi connectivity index (χ0v) is 10.9. The highest BCUT2D eigenvalue weighted by Crippen LogP contribution is 2.07. The number of aliphatic hydroxyl groups excluding tert-OH is 4. The fourth-order valence-electron chi connectivity index (χ4n) is 1.33. The lowest BCUT2D eigenvalue weighted by atomic mass is 10.0. The molecular formula is C11H25NO5. The van der Waals surface area contributed by atoms with E-state index in [0.717, 1.165) is 0 Å². The lowest BCUT2D eigenvalue weighted by Crippen LogP contribution is -2.49. The van der Waals surface area contributed by atoms with E-state index in [1.807, 2.05) is 0 Å². The van der Waals surface area contributed by atoms with Gasteiger partial charge in [-0.05, 0) is 27.9 Å². The highest BCUT2D eigenvalue weighted by molar-refractivity contribution is 4.81. The van der Waals surface area contributed by atoms with Crippen molar-refractivity contribution in [2.45, 2.75) is 44.4 Å². The van der Waals surface area contributed by atoms with Crippen LogP contribution in [-0.2, 0) is 4.74 Å². The first-order valence-corrected chi connectivity index (χ1v) is 5.74. The van der Waals surface area contributed by atoms with Crippen LogP contribution in [0.15, 0.2) is 0 Å². The minimum absolute atomic E-state index is 0.0688. The van der Waals surface area contributed by atoms with Gasteiger partial charge in [-0.1, -0.05) is 0 Å². The number of likely N-dealkylation sites (N-methyl/N-ethyl adjacent to an activating group) is 1. The van der Waals surface area contributed by atoms with Crippen LogP contribution in [0.4, 0.5) is 0 Å². The highest BCUT2D eigenvalue weighted by Gasteiger charge is 2.30. The van der Waals surface area contributed by atoms with Gasteiger partial charge in [0.05, 0.1) is 18.8 Å². The maximum absolute atomic E-state index is 9.63. The molecule has 17 heavy (non-hydrogen) atoms. The van der Waals surface area contributed by atoms with Crippen LogP contribution < -0.4 is 0 Å². The van der Waals surface area contributed by atoms with E-state index in [1.165, 1.54) is 0 Å². The van der Waals surface area contributed by atoms with Crippen molar-refractivity contribution in [3.63, 3.8) is 0 Å². The normalized spacial score (nSPS) is 19.4. The minimum Gasteiger partial charge on any atom is -0.389 e. The first-order valence-electron chi connectivity index (χ1n) is 5.74. The van der Waals surface area contributed by atoms with Crippen LogP contribution in [0.1, 0.15) is 13.8 Å². The molecule has 0 aromatic carbocycles. The van der Waals surface area contributed by atoms with E-state index in [4.69, 9.17) is 4.74 Å². The number of hydrogen-bond donors (Lipinski definition) is 4. The zero-order chi connectivity index (χ0) is 13.6. The van der Waals surface area contributed by atoms with Crippen molar-refractivity contribution in [2.75, 3.05) is 27.2 Å². The van der Waals surface area contributed by atoms with Crippen molar-refractivity contribution in [3.05, 3.63) is 0 Å². The van der Waals surface area contributed by atoms with Crippen molar-refractivity contribution < 1.29 is 25.2 Å². The Balaban J connectivity index is 4.13. The number of aliphatic hydroxyl groups is 4. The Morgan fingerprint density at radius 2 is 1.41 bits per heavy atom. The van der Waals surface area contributed by atoms with Gasteiger partial charge in [-0.2, -0.15) is 0 Å². The Bertz CT molecular complexity index is 200. The Kier molecular flexibility index (Phi) is 7.85. The lowest BCUT2D eigenvalue weighted by molar-refractivity contribution is -0.128. The van der Waals surface area contributed by atoms with Crippen molar-refractivity contribution in [3.8, 4) is 0 Å². The van der Waals surface area contributed by atoms with Gasteiger partial charge >= 0.3 is 0 Å². The van der Waals surface area contributed by atoms with Gasteiger partial charge in [0.2, 0.25) is 0 Å². The molecule has 0 amide bonds. The quantitative estimate of drug-likeness (QED) is 0.416. The van der Waals surface area contributed by atoms with Gasteiger partial charge in [0.15, 0.2) is 0 Å². The lowest BCUT2D eigenvalue weighted by Gasteiger charge is -2.28. The summed E-state index contributed by atoms with van der Waals surface area (Å²) >= 11 is 0. The van der Waals surface area contributed by atoms with Crippen LogP contribution >= 0.6 is 0 Å². The van der Waals surface area contributed by atoms with Gasteiger partial charge in [0.1, 0.15) is 18.3 Å². The summed E-state index contributed by atoms with van der Waals surface area (Å²) in [6.07, 6.45) is -5.23. The number of ether oxygens (including phenoxy) is 1. The summed E-state index contributed by atoms with van der Waals surface area (Å²) < 4.78 is 5.12. The molecule has 0 spiro atoms. The summed E-state index contributed by atoms with van der Waals surface area (Å²) in [6.45, 7) is 3.73. The van der Waals surface area contributed by atoms with Gasteiger partial charge in [-0.25, -0.2) is 0 Å². The molecule has 4 N–H and O–H groups in total. The van der Waals surface area contributed by atoms with Crippen LogP contribution in [0.5, 0.6) is 0 Å². The van der Waals surface area contributed by atoms with Gasteiger partial charge in [0, 0.05) is 6.54 Å². The predicted molar refractivity (Wildman–Crippen MR) is 63.7 cm³/mol. The molecule has 2 unspecified atom stereocenters. The summed E-state index contributed by atoms with van der Waals surface area (Å²) in [7, 11) is 3.47. The standard InChI is InChI=1S/C11H25NO5/c1-7(2)17-6-9(14)11(16)10(15)8(13)5-12(3)4/h7-11,13-16H,5-6H2,1-4H3/t8?,9?,10-,11-/m1/s1. The third-order valence-corrected chi connectivity index (χ3v) is 2.29. The summed E-state index contributed by atoms with van der Waals surface area (Å²) in [5.41, 5.74) is 0. The molecule has 6 heteroatoms. The van der Waals surface area contributed by atoms with Crippen LogP contribution in [0.25, 0.3) is 0 Å². The average molecular weight is 251 g/mol. The summed E-state index contributed by atoms with van der Waals surface area (Å²) in [4.78, 5) is 1.68. The molecule has 0 saturated heterocycles. The molecule has 6 nitrogen and oxygen atoms in total. The van der Waals surface area contributed by atoms with Gasteiger partial charge in [-0.3, -0.25) is 0 Å². The van der Waals surface area contributed by atoms with Gasteiger partial charge in [-0.15, -0.1) is 0 Å². The molecule has 0 aliphatic rings. The third-order valence-electron chi connectivity index (χ3n) is 2.29. The Morgan fingerprint density at radius 3 is 1.82 bits per heavy atom. The Hall–Kier alpha value is -0.240. The summed E-state index contributed by atoms with van der Waals surface area (Å²) in [5.74, 6) is 0. The monoisotopic (exact) mass is 251 g/mol. The van der Waals surface area contributed by atoms with Crippen molar-refractivity contribution in [1.29, 1.82) is 0 Å². The SMILES string of the molecule is CC(C)OCC(O)[C@@H](O)[C@H](O)C(O)CN(C)C. The molecular weight excluding hydrogens is 226 g/mol. The fourth-order valence-corrected chi connectivity index (χ4v) is 1.33. The largest absolute Gasteiger partial charge is 0.389 e. The average Bonchev–Trinajstić information content (AvgIpc) is 2.22. The fraction of sp³-hybridized carbons (Fsp3) is 1.00. The number of nitrogens with zero attached hydrogens (tertiary/aromatic N) is 1. The Labute approximate surface area is 102 Å². The van der Waals surface area contributed by atoms with E-state index in [0.29, 0.717) is 0 Å². The molecule has 0 rings (SSSR count). The number of hydrogen-bond acceptors (Lipinski definition) is 6. The van der Waals surface area contributed by atoms with E-state index in [-0.39, 0.29) is 19.3 Å². The summed E-state index contributed by atoms with van der Waals surface area (Å²) in [5, 5.41) is 38.4. The molecule has 0 radical (unpaired) electrons. The molecule has 0 bridgehead atoms. The molecule has 0 heterocycles. The van der Waals surface area contributed by atoms with Crippen molar-refractivity contribution in [1.82, 2.24) is 4.90 Å². The molecule has 0 aliphatic carbocycles. The summed E-state index contributed by atoms with van der Waals surface area (Å²) in [6, 6.07) is 0. The second kappa shape index (κ2) is 7.97. The van der Waals surface area contributed by atoms with E-state index in [9.17, 15) is 20.4 Å². The minimum atomic E-state index is -1.43. The number of rotatable bonds is 8. The molecule has 0 aromatic rings. The van der Waals surface area contributed by atoms with E-state index in [1.54, 1.807) is 32.8 Å². The van der Waals surface area contributed by atoms with E-state index >= 15 is 0 Å². The molecule has 4 atom stereocenters. The predicted octanol–water partition coefficient (Wildman–Crippen LogP) is -1.58. The van der Waals surface area contributed by atoms with Crippen molar-refractivity contribution in [2.24, 2.45) is 0 Å². The first kappa shape index (κ1) is 16.8. The Morgan fingerprint density at radius 1 is 0.941 bits per heavy atom. The van der Waals surface area contributed by atoms with Crippen LogP contribution in [-0.4, -0.2) is 83.1 Å². The topological polar surface area (TPSA) is 93.4 Å². The molecule has 0 aliphatic heterocycles. The van der Waals surface area contributed by atoms with Crippen LogP contribution in [0.3, 0.4) is 0 Å². The molecule has 0 fully saturated rings. The maximum atomic E-state index is 9.63. The molecule has 0 saturated carbocycles. The molecule has 104 valence electrons.